The fourth-order valence-corrected chi connectivity index (χ4v) is 1.19. The predicted octanol–water partition coefficient (Wildman–Crippen LogP) is 1.76. The molecule has 0 bridgehead atoms. The van der Waals surface area contributed by atoms with E-state index in [4.69, 9.17) is 5.73 Å². The molecule has 3 nitrogen and oxygen atoms in total. The molecule has 0 amide bonds. The molecule has 0 aliphatic rings. The van der Waals surface area contributed by atoms with Crippen LogP contribution >= 0.6 is 0 Å². The third kappa shape index (κ3) is 2.49. The molecule has 1 atom stereocenters. The summed E-state index contributed by atoms with van der Waals surface area (Å²) in [5.74, 6) is 0.777. The van der Waals surface area contributed by atoms with Crippen LogP contribution in [-0.4, -0.2) is 9.97 Å². The van der Waals surface area contributed by atoms with Gasteiger partial charge in [-0.15, -0.1) is 0 Å². The summed E-state index contributed by atoms with van der Waals surface area (Å²) in [4.78, 5) is 8.70. The van der Waals surface area contributed by atoms with Crippen LogP contribution in [0, 0.1) is 6.92 Å². The number of aryl methyl sites for hydroxylation is 2. The average molecular weight is 179 g/mol. The second kappa shape index (κ2) is 4.33. The predicted molar refractivity (Wildman–Crippen MR) is 53.4 cm³/mol. The topological polar surface area (TPSA) is 51.8 Å². The van der Waals surface area contributed by atoms with E-state index in [1.165, 1.54) is 0 Å². The van der Waals surface area contributed by atoms with Crippen LogP contribution in [0.5, 0.6) is 0 Å². The van der Waals surface area contributed by atoms with Crippen LogP contribution in [0.4, 0.5) is 0 Å². The van der Waals surface area contributed by atoms with E-state index in [0.29, 0.717) is 0 Å². The third-order valence-electron chi connectivity index (χ3n) is 2.06. The van der Waals surface area contributed by atoms with Gasteiger partial charge in [0, 0.05) is 11.4 Å². The lowest BCUT2D eigenvalue weighted by Gasteiger charge is -2.09. The fraction of sp³-hybridized carbons (Fsp3) is 0.600. The van der Waals surface area contributed by atoms with Gasteiger partial charge in [0.1, 0.15) is 5.82 Å². The van der Waals surface area contributed by atoms with E-state index in [9.17, 15) is 0 Å². The van der Waals surface area contributed by atoms with Gasteiger partial charge in [-0.05, 0) is 25.8 Å². The normalized spacial score (nSPS) is 12.9. The number of rotatable bonds is 3. The molecule has 0 aromatic carbocycles. The van der Waals surface area contributed by atoms with Crippen molar-refractivity contribution in [1.29, 1.82) is 0 Å². The van der Waals surface area contributed by atoms with Crippen molar-refractivity contribution < 1.29 is 0 Å². The molecule has 1 rings (SSSR count). The van der Waals surface area contributed by atoms with Crippen LogP contribution in [0.15, 0.2) is 6.07 Å². The molecule has 0 aliphatic heterocycles. The van der Waals surface area contributed by atoms with Gasteiger partial charge in [0.15, 0.2) is 0 Å². The molecule has 1 aromatic heterocycles. The molecule has 13 heavy (non-hydrogen) atoms. The van der Waals surface area contributed by atoms with E-state index in [1.807, 2.05) is 19.9 Å². The molecule has 1 aromatic rings. The van der Waals surface area contributed by atoms with Gasteiger partial charge in [0.25, 0.3) is 0 Å². The highest BCUT2D eigenvalue weighted by Crippen LogP contribution is 2.10. The van der Waals surface area contributed by atoms with E-state index < -0.39 is 0 Å². The number of hydrogen-bond donors (Lipinski definition) is 1. The van der Waals surface area contributed by atoms with Crippen LogP contribution in [0.2, 0.25) is 0 Å². The Labute approximate surface area is 79.4 Å². The van der Waals surface area contributed by atoms with E-state index in [-0.39, 0.29) is 6.04 Å². The Morgan fingerprint density at radius 1 is 1.38 bits per heavy atom. The summed E-state index contributed by atoms with van der Waals surface area (Å²) in [6.45, 7) is 6.11. The summed E-state index contributed by atoms with van der Waals surface area (Å²) in [5, 5.41) is 0. The summed E-state index contributed by atoms with van der Waals surface area (Å²) in [6, 6.07) is 1.98. The zero-order chi connectivity index (χ0) is 9.84. The lowest BCUT2D eigenvalue weighted by atomic mass is 10.2. The number of aromatic nitrogens is 2. The van der Waals surface area contributed by atoms with Crippen LogP contribution in [0.1, 0.15) is 43.5 Å². The Hall–Kier alpha value is -0.960. The summed E-state index contributed by atoms with van der Waals surface area (Å²) in [6.07, 6.45) is 1.82. The molecule has 1 heterocycles. The maximum Gasteiger partial charge on any atom is 0.145 e. The maximum atomic E-state index is 5.86. The molecule has 3 heteroatoms. The molecule has 0 radical (unpaired) electrons. The van der Waals surface area contributed by atoms with E-state index >= 15 is 0 Å². The zero-order valence-electron chi connectivity index (χ0n) is 8.54. The standard InChI is InChI=1S/C10H17N3/c1-4-8-6-7(3)12-10(13-8)9(11)5-2/h6,9H,4-5,11H2,1-3H3. The van der Waals surface area contributed by atoms with Gasteiger partial charge in [0.2, 0.25) is 0 Å². The lowest BCUT2D eigenvalue weighted by Crippen LogP contribution is -2.14. The van der Waals surface area contributed by atoms with Crippen LogP contribution in [-0.2, 0) is 6.42 Å². The molecule has 0 fully saturated rings. The van der Waals surface area contributed by atoms with E-state index in [0.717, 1.165) is 30.1 Å². The van der Waals surface area contributed by atoms with Gasteiger partial charge in [-0.1, -0.05) is 13.8 Å². The Morgan fingerprint density at radius 3 is 2.62 bits per heavy atom. The summed E-state index contributed by atoms with van der Waals surface area (Å²) >= 11 is 0. The zero-order valence-corrected chi connectivity index (χ0v) is 8.54. The minimum absolute atomic E-state index is 0.0230. The smallest absolute Gasteiger partial charge is 0.145 e. The number of nitrogens with zero attached hydrogens (tertiary/aromatic N) is 2. The van der Waals surface area contributed by atoms with Crippen molar-refractivity contribution in [3.05, 3.63) is 23.3 Å². The first-order valence-electron chi connectivity index (χ1n) is 4.77. The monoisotopic (exact) mass is 179 g/mol. The highest BCUT2D eigenvalue weighted by Gasteiger charge is 2.07. The van der Waals surface area contributed by atoms with Crippen LogP contribution in [0.3, 0.4) is 0 Å². The first-order chi connectivity index (χ1) is 6.17. The highest BCUT2D eigenvalue weighted by molar-refractivity contribution is 5.11. The van der Waals surface area contributed by atoms with Gasteiger partial charge in [-0.25, -0.2) is 9.97 Å². The fourth-order valence-electron chi connectivity index (χ4n) is 1.19. The molecule has 1 unspecified atom stereocenters. The van der Waals surface area contributed by atoms with Crippen molar-refractivity contribution in [2.75, 3.05) is 0 Å². The van der Waals surface area contributed by atoms with Crippen molar-refractivity contribution in [1.82, 2.24) is 9.97 Å². The second-order valence-corrected chi connectivity index (χ2v) is 3.23. The Kier molecular flexibility index (Phi) is 3.37. The number of nitrogens with two attached hydrogens (primary N) is 1. The molecule has 2 N–H and O–H groups in total. The van der Waals surface area contributed by atoms with Gasteiger partial charge in [-0.2, -0.15) is 0 Å². The third-order valence-corrected chi connectivity index (χ3v) is 2.06. The van der Waals surface area contributed by atoms with Crippen molar-refractivity contribution >= 4 is 0 Å². The van der Waals surface area contributed by atoms with Gasteiger partial charge in [0.05, 0.1) is 6.04 Å². The number of hydrogen-bond acceptors (Lipinski definition) is 3. The van der Waals surface area contributed by atoms with Crippen molar-refractivity contribution in [2.24, 2.45) is 5.73 Å². The van der Waals surface area contributed by atoms with Crippen molar-refractivity contribution in [2.45, 2.75) is 39.7 Å². The van der Waals surface area contributed by atoms with Gasteiger partial charge >= 0.3 is 0 Å². The van der Waals surface area contributed by atoms with Crippen LogP contribution < -0.4 is 5.73 Å². The molecule has 0 spiro atoms. The minimum atomic E-state index is -0.0230. The minimum Gasteiger partial charge on any atom is -0.321 e. The molecule has 0 aliphatic carbocycles. The summed E-state index contributed by atoms with van der Waals surface area (Å²) < 4.78 is 0. The Balaban J connectivity index is 3.01. The van der Waals surface area contributed by atoms with Crippen molar-refractivity contribution in [3.63, 3.8) is 0 Å². The molecule has 0 saturated carbocycles. The summed E-state index contributed by atoms with van der Waals surface area (Å²) in [7, 11) is 0. The molecule has 0 saturated heterocycles. The maximum absolute atomic E-state index is 5.86. The molecular weight excluding hydrogens is 162 g/mol. The van der Waals surface area contributed by atoms with Gasteiger partial charge < -0.3 is 5.73 Å². The van der Waals surface area contributed by atoms with E-state index in [1.54, 1.807) is 0 Å². The highest BCUT2D eigenvalue weighted by atomic mass is 14.9. The first-order valence-corrected chi connectivity index (χ1v) is 4.77. The Bertz CT molecular complexity index is 283. The van der Waals surface area contributed by atoms with E-state index in [2.05, 4.69) is 16.9 Å². The Morgan fingerprint density at radius 2 is 2.08 bits per heavy atom. The average Bonchev–Trinajstić information content (AvgIpc) is 2.15. The second-order valence-electron chi connectivity index (χ2n) is 3.23. The van der Waals surface area contributed by atoms with Crippen molar-refractivity contribution in [3.8, 4) is 0 Å². The molecule has 72 valence electrons. The largest absolute Gasteiger partial charge is 0.321 e. The first kappa shape index (κ1) is 10.1. The lowest BCUT2D eigenvalue weighted by molar-refractivity contribution is 0.639. The van der Waals surface area contributed by atoms with Gasteiger partial charge in [-0.3, -0.25) is 0 Å². The SMILES string of the molecule is CCc1cc(C)nc(C(N)CC)n1. The molecular formula is C10H17N3. The quantitative estimate of drug-likeness (QED) is 0.769. The summed E-state index contributed by atoms with van der Waals surface area (Å²) in [5.41, 5.74) is 7.94. The van der Waals surface area contributed by atoms with Crippen LogP contribution in [0.25, 0.3) is 0 Å².